The average Bonchev–Trinajstić information content (AvgIpc) is 2.91. The van der Waals surface area contributed by atoms with Crippen LogP contribution in [0.2, 0.25) is 0 Å². The topological polar surface area (TPSA) is 69.7 Å². The largest absolute Gasteiger partial charge is 0.337 e. The number of nitrogens with one attached hydrogen (secondary N) is 1. The van der Waals surface area contributed by atoms with Crippen LogP contribution in [0.15, 0.2) is 29.2 Å². The van der Waals surface area contributed by atoms with Gasteiger partial charge in [0.25, 0.3) is 5.91 Å². The number of hydrogen-bond donors (Lipinski definition) is 1. The molecule has 1 atom stereocenters. The average molecular weight is 402 g/mol. The fourth-order valence-electron chi connectivity index (χ4n) is 3.59. The lowest BCUT2D eigenvalue weighted by atomic mass is 10.1. The number of benzene rings is 1. The van der Waals surface area contributed by atoms with Gasteiger partial charge in [-0.1, -0.05) is 12.5 Å². The van der Waals surface area contributed by atoms with Crippen LogP contribution in [0.5, 0.6) is 0 Å². The zero-order chi connectivity index (χ0) is 17.9. The van der Waals surface area contributed by atoms with Gasteiger partial charge in [-0.2, -0.15) is 4.31 Å². The SMILES string of the molecule is CC1CCCCN1S(=O)(=O)c1cccc(C(=O)N2CCCNCC2)c1.Cl. The Morgan fingerprint density at radius 1 is 1.12 bits per heavy atom. The summed E-state index contributed by atoms with van der Waals surface area (Å²) >= 11 is 0. The first kappa shape index (κ1) is 21.2. The van der Waals surface area contributed by atoms with Crippen molar-refractivity contribution in [3.63, 3.8) is 0 Å². The van der Waals surface area contributed by atoms with Gasteiger partial charge in [0.05, 0.1) is 4.90 Å². The Bertz CT molecular complexity index is 718. The number of halogens is 1. The molecule has 6 nitrogen and oxygen atoms in total. The molecule has 0 aliphatic carbocycles. The summed E-state index contributed by atoms with van der Waals surface area (Å²) in [5.74, 6) is -0.0903. The second-order valence-electron chi connectivity index (χ2n) is 6.88. The van der Waals surface area contributed by atoms with E-state index in [0.29, 0.717) is 25.2 Å². The van der Waals surface area contributed by atoms with Gasteiger partial charge in [0.2, 0.25) is 10.0 Å². The Kier molecular flexibility index (Phi) is 7.46. The number of hydrogen-bond acceptors (Lipinski definition) is 4. The van der Waals surface area contributed by atoms with Crippen LogP contribution >= 0.6 is 12.4 Å². The van der Waals surface area contributed by atoms with Gasteiger partial charge in [0.1, 0.15) is 0 Å². The van der Waals surface area contributed by atoms with E-state index in [0.717, 1.165) is 38.8 Å². The molecule has 1 aromatic carbocycles. The van der Waals surface area contributed by atoms with E-state index in [1.807, 2.05) is 6.92 Å². The number of piperidine rings is 1. The van der Waals surface area contributed by atoms with Crippen molar-refractivity contribution < 1.29 is 13.2 Å². The number of carbonyl (C=O) groups excluding carboxylic acids is 1. The molecule has 2 aliphatic heterocycles. The van der Waals surface area contributed by atoms with Crippen LogP contribution in [0.3, 0.4) is 0 Å². The van der Waals surface area contributed by atoms with Gasteiger partial charge in [-0.25, -0.2) is 8.42 Å². The van der Waals surface area contributed by atoms with Gasteiger partial charge in [-0.15, -0.1) is 12.4 Å². The van der Waals surface area contributed by atoms with Crippen LogP contribution in [0.1, 0.15) is 43.0 Å². The molecule has 0 aromatic heterocycles. The molecule has 0 saturated carbocycles. The lowest BCUT2D eigenvalue weighted by molar-refractivity contribution is 0.0766. The van der Waals surface area contributed by atoms with Gasteiger partial charge >= 0.3 is 0 Å². The monoisotopic (exact) mass is 401 g/mol. The fraction of sp³-hybridized carbons (Fsp3) is 0.611. The smallest absolute Gasteiger partial charge is 0.253 e. The Balaban J connectivity index is 0.00000243. The Labute approximate surface area is 162 Å². The first-order chi connectivity index (χ1) is 12.0. The third-order valence-electron chi connectivity index (χ3n) is 5.06. The molecule has 2 saturated heterocycles. The number of sulfonamides is 1. The molecular formula is C18H28ClN3O3S. The second kappa shape index (κ2) is 9.17. The predicted octanol–water partition coefficient (Wildman–Crippen LogP) is 2.11. The van der Waals surface area contributed by atoms with E-state index >= 15 is 0 Å². The first-order valence-corrected chi connectivity index (χ1v) is 10.6. The zero-order valence-electron chi connectivity index (χ0n) is 15.2. The number of carbonyl (C=O) groups is 1. The van der Waals surface area contributed by atoms with Gasteiger partial charge in [0, 0.05) is 37.8 Å². The Morgan fingerprint density at radius 3 is 2.69 bits per heavy atom. The van der Waals surface area contributed by atoms with Crippen LogP contribution in [0, 0.1) is 0 Å². The summed E-state index contributed by atoms with van der Waals surface area (Å²) in [4.78, 5) is 14.8. The van der Waals surface area contributed by atoms with Crippen LogP contribution in [0.4, 0.5) is 0 Å². The molecule has 2 heterocycles. The lowest BCUT2D eigenvalue weighted by Gasteiger charge is -2.32. The number of nitrogens with zero attached hydrogens (tertiary/aromatic N) is 2. The van der Waals surface area contributed by atoms with Gasteiger partial charge in [-0.05, 0) is 50.9 Å². The van der Waals surface area contributed by atoms with E-state index in [4.69, 9.17) is 0 Å². The zero-order valence-corrected chi connectivity index (χ0v) is 16.8. The summed E-state index contributed by atoms with van der Waals surface area (Å²) in [6.45, 7) is 5.54. The van der Waals surface area contributed by atoms with Crippen LogP contribution in [-0.2, 0) is 10.0 Å². The molecule has 0 bridgehead atoms. The first-order valence-electron chi connectivity index (χ1n) is 9.12. The van der Waals surface area contributed by atoms with E-state index < -0.39 is 10.0 Å². The van der Waals surface area contributed by atoms with E-state index in [9.17, 15) is 13.2 Å². The minimum Gasteiger partial charge on any atom is -0.337 e. The Hall–Kier alpha value is -1.15. The number of rotatable bonds is 3. The molecule has 1 unspecified atom stereocenters. The van der Waals surface area contributed by atoms with E-state index in [1.54, 1.807) is 27.4 Å². The summed E-state index contributed by atoms with van der Waals surface area (Å²) in [5.41, 5.74) is 0.452. The highest BCUT2D eigenvalue weighted by atomic mass is 35.5. The maximum atomic E-state index is 13.0. The molecular weight excluding hydrogens is 374 g/mol. The minimum absolute atomic E-state index is 0. The molecule has 0 spiro atoms. The molecule has 26 heavy (non-hydrogen) atoms. The molecule has 146 valence electrons. The molecule has 2 aliphatic rings. The molecule has 2 fully saturated rings. The van der Waals surface area contributed by atoms with Crippen molar-refractivity contribution in [1.82, 2.24) is 14.5 Å². The van der Waals surface area contributed by atoms with Crippen molar-refractivity contribution in [2.75, 3.05) is 32.7 Å². The minimum atomic E-state index is -3.55. The van der Waals surface area contributed by atoms with Gasteiger partial charge < -0.3 is 10.2 Å². The third-order valence-corrected chi connectivity index (χ3v) is 7.07. The van der Waals surface area contributed by atoms with Crippen molar-refractivity contribution in [3.05, 3.63) is 29.8 Å². The van der Waals surface area contributed by atoms with Crippen molar-refractivity contribution in [3.8, 4) is 0 Å². The summed E-state index contributed by atoms with van der Waals surface area (Å²) in [5, 5.41) is 3.27. The van der Waals surface area contributed by atoms with Crippen molar-refractivity contribution in [2.45, 2.75) is 43.5 Å². The molecule has 8 heteroatoms. The van der Waals surface area contributed by atoms with Crippen molar-refractivity contribution in [1.29, 1.82) is 0 Å². The maximum Gasteiger partial charge on any atom is 0.253 e. The van der Waals surface area contributed by atoms with Crippen LogP contribution in [-0.4, -0.2) is 62.3 Å². The quantitative estimate of drug-likeness (QED) is 0.842. The molecule has 0 radical (unpaired) electrons. The van der Waals surface area contributed by atoms with Gasteiger partial charge in [0.15, 0.2) is 0 Å². The van der Waals surface area contributed by atoms with E-state index in [-0.39, 0.29) is 29.3 Å². The summed E-state index contributed by atoms with van der Waals surface area (Å²) in [7, 11) is -3.55. The second-order valence-corrected chi connectivity index (χ2v) is 8.77. The van der Waals surface area contributed by atoms with Gasteiger partial charge in [-0.3, -0.25) is 4.79 Å². The molecule has 1 N–H and O–H groups in total. The van der Waals surface area contributed by atoms with E-state index in [1.165, 1.54) is 6.07 Å². The van der Waals surface area contributed by atoms with Crippen LogP contribution < -0.4 is 5.32 Å². The summed E-state index contributed by atoms with van der Waals surface area (Å²) < 4.78 is 27.6. The highest BCUT2D eigenvalue weighted by molar-refractivity contribution is 7.89. The highest BCUT2D eigenvalue weighted by Crippen LogP contribution is 2.25. The standard InChI is InChI=1S/C18H27N3O3S.ClH/c1-15-6-2-3-12-21(15)25(23,24)17-8-4-7-16(14-17)18(22)20-11-5-9-19-10-13-20;/h4,7-8,14-15,19H,2-3,5-6,9-13H2,1H3;1H. The normalized spacial score (nSPS) is 22.3. The van der Waals surface area contributed by atoms with E-state index in [2.05, 4.69) is 5.32 Å². The maximum absolute atomic E-state index is 13.0. The van der Waals surface area contributed by atoms with Crippen molar-refractivity contribution >= 4 is 28.3 Å². The summed E-state index contributed by atoms with van der Waals surface area (Å²) in [6, 6.07) is 6.52. The lowest BCUT2D eigenvalue weighted by Crippen LogP contribution is -2.42. The molecule has 3 rings (SSSR count). The summed E-state index contributed by atoms with van der Waals surface area (Å²) in [6.07, 6.45) is 3.76. The van der Waals surface area contributed by atoms with Crippen molar-refractivity contribution in [2.24, 2.45) is 0 Å². The fourth-order valence-corrected chi connectivity index (χ4v) is 5.33. The Morgan fingerprint density at radius 2 is 1.92 bits per heavy atom. The predicted molar refractivity (Wildman–Crippen MR) is 104 cm³/mol. The molecule has 1 aromatic rings. The molecule has 1 amide bonds. The number of amides is 1. The van der Waals surface area contributed by atoms with Crippen LogP contribution in [0.25, 0.3) is 0 Å². The third kappa shape index (κ3) is 4.57. The highest BCUT2D eigenvalue weighted by Gasteiger charge is 2.31.